The molecule has 0 bridgehead atoms. The number of halogens is 2. The van der Waals surface area contributed by atoms with Gasteiger partial charge in [-0.15, -0.1) is 0 Å². The third-order valence-corrected chi connectivity index (χ3v) is 4.90. The summed E-state index contributed by atoms with van der Waals surface area (Å²) < 4.78 is 20.1. The van der Waals surface area contributed by atoms with Crippen LogP contribution in [0.3, 0.4) is 0 Å². The Kier molecular flexibility index (Phi) is 6.26. The minimum atomic E-state index is -0.337. The minimum absolute atomic E-state index is 0.155. The summed E-state index contributed by atoms with van der Waals surface area (Å²) in [5, 5.41) is 4.36. The molecule has 0 radical (unpaired) electrons. The summed E-state index contributed by atoms with van der Waals surface area (Å²) in [5.41, 5.74) is 0.917. The van der Waals surface area contributed by atoms with Gasteiger partial charge in [0.05, 0.1) is 23.2 Å². The first kappa shape index (κ1) is 19.5. The van der Waals surface area contributed by atoms with Crippen molar-refractivity contribution < 1.29 is 18.7 Å². The van der Waals surface area contributed by atoms with Gasteiger partial charge in [0.2, 0.25) is 0 Å². The highest BCUT2D eigenvalue weighted by Crippen LogP contribution is 2.30. The van der Waals surface area contributed by atoms with Gasteiger partial charge in [-0.05, 0) is 65.9 Å². The number of hydrogen-bond acceptors (Lipinski definition) is 4. The smallest absolute Gasteiger partial charge is 0.307 e. The summed E-state index contributed by atoms with van der Waals surface area (Å²) in [5.74, 6) is -0.411. The van der Waals surface area contributed by atoms with Crippen molar-refractivity contribution in [3.05, 3.63) is 46.4 Å². The van der Waals surface area contributed by atoms with E-state index >= 15 is 0 Å². The van der Waals surface area contributed by atoms with Crippen molar-refractivity contribution >= 4 is 27.8 Å². The lowest BCUT2D eigenvalue weighted by Gasteiger charge is -2.21. The third kappa shape index (κ3) is 5.15. The first-order chi connectivity index (χ1) is 13.0. The molecule has 1 aromatic heterocycles. The van der Waals surface area contributed by atoms with Gasteiger partial charge < -0.3 is 9.64 Å². The van der Waals surface area contributed by atoms with Crippen LogP contribution in [0.2, 0.25) is 0 Å². The zero-order valence-electron chi connectivity index (χ0n) is 15.0. The molecule has 1 amide bonds. The van der Waals surface area contributed by atoms with Crippen LogP contribution in [0.1, 0.15) is 36.7 Å². The highest BCUT2D eigenvalue weighted by Gasteiger charge is 2.29. The number of benzene rings is 1. The second kappa shape index (κ2) is 8.65. The Hall–Kier alpha value is -2.22. The molecule has 0 aliphatic heterocycles. The van der Waals surface area contributed by atoms with E-state index in [1.807, 2.05) is 0 Å². The summed E-state index contributed by atoms with van der Waals surface area (Å²) in [6.07, 6.45) is 4.01. The Morgan fingerprint density at radius 2 is 2.04 bits per heavy atom. The second-order valence-corrected chi connectivity index (χ2v) is 7.35. The van der Waals surface area contributed by atoms with Crippen LogP contribution in [0, 0.1) is 11.7 Å². The van der Waals surface area contributed by atoms with E-state index in [1.54, 1.807) is 30.2 Å². The van der Waals surface area contributed by atoms with E-state index in [2.05, 4.69) is 21.0 Å². The fourth-order valence-corrected chi connectivity index (χ4v) is 3.16. The number of rotatable bonds is 8. The van der Waals surface area contributed by atoms with Crippen LogP contribution in [0.5, 0.6) is 0 Å². The summed E-state index contributed by atoms with van der Waals surface area (Å²) in [4.78, 5) is 26.3. The van der Waals surface area contributed by atoms with Crippen LogP contribution in [-0.4, -0.2) is 46.3 Å². The lowest BCUT2D eigenvalue weighted by molar-refractivity contribution is -0.143. The maximum atomic E-state index is 13.1. The average Bonchev–Trinajstić information content (AvgIpc) is 3.38. The van der Waals surface area contributed by atoms with Crippen molar-refractivity contribution in [1.29, 1.82) is 0 Å². The summed E-state index contributed by atoms with van der Waals surface area (Å²) in [6, 6.07) is 5.85. The van der Waals surface area contributed by atoms with E-state index < -0.39 is 0 Å². The highest BCUT2D eigenvalue weighted by atomic mass is 79.9. The molecule has 1 aliphatic rings. The van der Waals surface area contributed by atoms with E-state index in [1.165, 1.54) is 16.8 Å². The largest absolute Gasteiger partial charge is 0.466 e. The lowest BCUT2D eigenvalue weighted by atomic mass is 10.3. The average molecular weight is 438 g/mol. The number of ether oxygens (including phenoxy) is 1. The topological polar surface area (TPSA) is 64.4 Å². The van der Waals surface area contributed by atoms with Gasteiger partial charge in [-0.1, -0.05) is 0 Å². The van der Waals surface area contributed by atoms with Gasteiger partial charge in [0.15, 0.2) is 5.69 Å². The van der Waals surface area contributed by atoms with Crippen LogP contribution in [-0.2, 0) is 9.53 Å². The number of aromatic nitrogens is 2. The summed E-state index contributed by atoms with van der Waals surface area (Å²) in [6.45, 7) is 2.98. The number of carbonyl (C=O) groups excluding carboxylic acids is 2. The van der Waals surface area contributed by atoms with Crippen molar-refractivity contribution in [1.82, 2.24) is 14.7 Å². The van der Waals surface area contributed by atoms with E-state index in [0.717, 1.165) is 12.8 Å². The van der Waals surface area contributed by atoms with Crippen molar-refractivity contribution in [2.45, 2.75) is 26.2 Å². The van der Waals surface area contributed by atoms with Crippen LogP contribution < -0.4 is 0 Å². The van der Waals surface area contributed by atoms with Gasteiger partial charge in [0.25, 0.3) is 5.91 Å². The van der Waals surface area contributed by atoms with Gasteiger partial charge in [0.1, 0.15) is 5.82 Å². The molecule has 3 rings (SSSR count). The van der Waals surface area contributed by atoms with Crippen LogP contribution >= 0.6 is 15.9 Å². The molecular weight excluding hydrogens is 417 g/mol. The molecule has 27 heavy (non-hydrogen) atoms. The molecule has 1 aliphatic carbocycles. The molecule has 0 atom stereocenters. The Morgan fingerprint density at radius 3 is 2.67 bits per heavy atom. The lowest BCUT2D eigenvalue weighted by Crippen LogP contribution is -2.35. The molecule has 6 nitrogen and oxygen atoms in total. The molecule has 0 spiro atoms. The monoisotopic (exact) mass is 437 g/mol. The van der Waals surface area contributed by atoms with E-state index in [9.17, 15) is 14.0 Å². The first-order valence-corrected chi connectivity index (χ1v) is 9.73. The number of hydrogen-bond donors (Lipinski definition) is 0. The van der Waals surface area contributed by atoms with Crippen molar-refractivity contribution in [3.63, 3.8) is 0 Å². The quantitative estimate of drug-likeness (QED) is 0.592. The molecule has 1 fully saturated rings. The molecule has 1 saturated carbocycles. The van der Waals surface area contributed by atoms with Crippen molar-refractivity contribution in [2.24, 2.45) is 5.92 Å². The van der Waals surface area contributed by atoms with E-state index in [4.69, 9.17) is 4.74 Å². The van der Waals surface area contributed by atoms with Crippen molar-refractivity contribution in [2.75, 3.05) is 19.7 Å². The van der Waals surface area contributed by atoms with Crippen LogP contribution in [0.25, 0.3) is 5.69 Å². The predicted octanol–water partition coefficient (Wildman–Crippen LogP) is 3.58. The molecular formula is C19H21BrFN3O3. The first-order valence-electron chi connectivity index (χ1n) is 8.94. The molecule has 8 heteroatoms. The van der Waals surface area contributed by atoms with E-state index in [-0.39, 0.29) is 29.8 Å². The predicted molar refractivity (Wildman–Crippen MR) is 101 cm³/mol. The second-order valence-electron chi connectivity index (χ2n) is 6.50. The van der Waals surface area contributed by atoms with Gasteiger partial charge in [-0.2, -0.15) is 5.10 Å². The number of carbonyl (C=O) groups is 2. The Labute approximate surface area is 165 Å². The summed E-state index contributed by atoms with van der Waals surface area (Å²) in [7, 11) is 0. The molecule has 2 aromatic rings. The minimum Gasteiger partial charge on any atom is -0.466 e. The zero-order chi connectivity index (χ0) is 19.4. The van der Waals surface area contributed by atoms with Crippen LogP contribution in [0.4, 0.5) is 4.39 Å². The maximum Gasteiger partial charge on any atom is 0.307 e. The maximum absolute atomic E-state index is 13.1. The normalized spacial score (nSPS) is 13.4. The third-order valence-electron chi connectivity index (χ3n) is 4.32. The fourth-order valence-electron chi connectivity index (χ4n) is 2.72. The number of amides is 1. The highest BCUT2D eigenvalue weighted by molar-refractivity contribution is 9.10. The molecule has 1 aromatic carbocycles. The van der Waals surface area contributed by atoms with Gasteiger partial charge in [0, 0.05) is 19.3 Å². The fraction of sp³-hybridized carbons (Fsp3) is 0.421. The number of nitrogens with zero attached hydrogens (tertiary/aromatic N) is 3. The molecule has 1 heterocycles. The molecule has 0 unspecified atom stereocenters. The Balaban J connectivity index is 1.76. The van der Waals surface area contributed by atoms with Gasteiger partial charge in [-0.3, -0.25) is 9.59 Å². The Bertz CT molecular complexity index is 818. The van der Waals surface area contributed by atoms with Gasteiger partial charge >= 0.3 is 5.97 Å². The molecule has 0 N–H and O–H groups in total. The molecule has 144 valence electrons. The SMILES string of the molecule is CCOC(=O)CCN(CC1CC1)C(=O)c1nn(-c2ccc(F)cc2)cc1Br. The summed E-state index contributed by atoms with van der Waals surface area (Å²) >= 11 is 3.39. The zero-order valence-corrected chi connectivity index (χ0v) is 16.6. The molecule has 0 saturated heterocycles. The van der Waals surface area contributed by atoms with Crippen LogP contribution in [0.15, 0.2) is 34.9 Å². The van der Waals surface area contributed by atoms with Crippen molar-refractivity contribution in [3.8, 4) is 5.69 Å². The van der Waals surface area contributed by atoms with E-state index in [0.29, 0.717) is 35.8 Å². The number of esters is 1. The standard InChI is InChI=1S/C19H21BrFN3O3/c1-2-27-17(25)9-10-23(11-13-3-4-13)19(26)18-16(20)12-24(22-18)15-7-5-14(21)6-8-15/h5-8,12-13H,2-4,9-11H2,1H3. The van der Waals surface area contributed by atoms with Gasteiger partial charge in [-0.25, -0.2) is 9.07 Å². The Morgan fingerprint density at radius 1 is 1.33 bits per heavy atom.